The molecule has 0 aliphatic carbocycles. The van der Waals surface area contributed by atoms with E-state index in [-0.39, 0.29) is 34.1 Å². The van der Waals surface area contributed by atoms with Gasteiger partial charge in [-0.25, -0.2) is 9.78 Å². The number of nitrogens with zero attached hydrogens (tertiary/aromatic N) is 4. The summed E-state index contributed by atoms with van der Waals surface area (Å²) >= 11 is 0. The Morgan fingerprint density at radius 3 is 2.61 bits per heavy atom. The lowest BCUT2D eigenvalue weighted by atomic mass is 10.1. The summed E-state index contributed by atoms with van der Waals surface area (Å²) in [6.45, 7) is 5.41. The van der Waals surface area contributed by atoms with Gasteiger partial charge in [0.1, 0.15) is 27.5 Å². The highest BCUT2D eigenvalue weighted by molar-refractivity contribution is 7.90. The van der Waals surface area contributed by atoms with Gasteiger partial charge in [-0.3, -0.25) is 9.36 Å². The Labute approximate surface area is 189 Å². The molecule has 0 atom stereocenters. The topological polar surface area (TPSA) is 131 Å². The summed E-state index contributed by atoms with van der Waals surface area (Å²) in [7, 11) is -4.25. The average molecular weight is 471 g/mol. The summed E-state index contributed by atoms with van der Waals surface area (Å²) in [4.78, 5) is 34.8. The zero-order valence-electron chi connectivity index (χ0n) is 18.2. The normalized spacial score (nSPS) is 14.8. The maximum absolute atomic E-state index is 13.6. The van der Waals surface area contributed by atoms with Crippen LogP contribution < -0.4 is 10.6 Å². The smallest absolute Gasteiger partial charge is 0.329 e. The van der Waals surface area contributed by atoms with E-state index in [4.69, 9.17) is 4.84 Å². The lowest BCUT2D eigenvalue weighted by molar-refractivity contribution is -0.140. The number of rotatable bonds is 5. The van der Waals surface area contributed by atoms with E-state index < -0.39 is 38.7 Å². The second-order valence-electron chi connectivity index (χ2n) is 7.97. The van der Waals surface area contributed by atoms with Crippen LogP contribution in [0.3, 0.4) is 0 Å². The third-order valence-corrected chi connectivity index (χ3v) is 6.44. The van der Waals surface area contributed by atoms with E-state index in [0.717, 1.165) is 12.0 Å². The maximum atomic E-state index is 13.6. The number of sulfonamides is 1. The first-order valence-corrected chi connectivity index (χ1v) is 11.7. The van der Waals surface area contributed by atoms with Crippen molar-refractivity contribution in [2.45, 2.75) is 38.6 Å². The Balaban J connectivity index is 2.06. The summed E-state index contributed by atoms with van der Waals surface area (Å²) in [5.41, 5.74) is -0.858. The van der Waals surface area contributed by atoms with Crippen LogP contribution in [0.5, 0.6) is 5.75 Å². The number of benzene rings is 1. The molecule has 2 aromatic heterocycles. The van der Waals surface area contributed by atoms with Gasteiger partial charge >= 0.3 is 5.97 Å². The molecule has 0 spiro atoms. The molecular formula is C22H22N4O6S. The Kier molecular flexibility index (Phi) is 5.66. The van der Waals surface area contributed by atoms with Crippen molar-refractivity contribution in [1.82, 2.24) is 9.55 Å². The molecule has 3 aromatic rings. The van der Waals surface area contributed by atoms with Crippen LogP contribution in [-0.4, -0.2) is 34.9 Å². The molecule has 1 aromatic carbocycles. The van der Waals surface area contributed by atoms with Crippen LogP contribution in [0.25, 0.3) is 11.0 Å². The van der Waals surface area contributed by atoms with E-state index >= 15 is 0 Å². The number of carbonyl (C=O) groups is 1. The second kappa shape index (κ2) is 8.32. The number of para-hydroxylation sites is 1. The minimum atomic E-state index is -4.25. The van der Waals surface area contributed by atoms with Crippen LogP contribution in [0, 0.1) is 5.92 Å². The van der Waals surface area contributed by atoms with E-state index in [1.807, 2.05) is 13.8 Å². The van der Waals surface area contributed by atoms with Crippen molar-refractivity contribution in [2.75, 3.05) is 5.06 Å². The number of hydrogen-bond acceptors (Lipinski definition) is 8. The summed E-state index contributed by atoms with van der Waals surface area (Å²) in [6, 6.07) is 8.93. The van der Waals surface area contributed by atoms with Crippen LogP contribution in [0.4, 0.5) is 5.69 Å². The van der Waals surface area contributed by atoms with Gasteiger partial charge in [0, 0.05) is 19.7 Å². The number of pyridine rings is 2. The van der Waals surface area contributed by atoms with Gasteiger partial charge in [-0.2, -0.15) is 13.5 Å². The first-order chi connectivity index (χ1) is 15.6. The van der Waals surface area contributed by atoms with Crippen molar-refractivity contribution in [3.8, 4) is 5.75 Å². The molecule has 172 valence electrons. The largest absolute Gasteiger partial charge is 0.506 e. The maximum Gasteiger partial charge on any atom is 0.329 e. The summed E-state index contributed by atoms with van der Waals surface area (Å²) in [6.07, 6.45) is 2.13. The Bertz CT molecular complexity index is 1460. The molecule has 10 nitrogen and oxygen atoms in total. The quantitative estimate of drug-likeness (QED) is 0.602. The summed E-state index contributed by atoms with van der Waals surface area (Å²) in [5, 5.41) is 12.2. The van der Waals surface area contributed by atoms with Crippen LogP contribution in [-0.2, 0) is 26.2 Å². The van der Waals surface area contributed by atoms with Gasteiger partial charge in [-0.1, -0.05) is 26.0 Å². The first-order valence-electron chi connectivity index (χ1n) is 10.3. The Hall–Kier alpha value is -3.73. The zero-order chi connectivity index (χ0) is 23.9. The van der Waals surface area contributed by atoms with Crippen molar-refractivity contribution in [2.24, 2.45) is 10.3 Å². The van der Waals surface area contributed by atoms with Crippen LogP contribution in [0.1, 0.15) is 32.8 Å². The van der Waals surface area contributed by atoms with Gasteiger partial charge in [0.25, 0.3) is 15.6 Å². The molecule has 0 amide bonds. The number of aromatic nitrogens is 2. The fourth-order valence-corrected chi connectivity index (χ4v) is 4.74. The fraction of sp³-hybridized carbons (Fsp3) is 0.273. The number of hydroxylamine groups is 1. The third-order valence-electron chi connectivity index (χ3n) is 5.13. The highest BCUT2D eigenvalue weighted by atomic mass is 32.2. The third kappa shape index (κ3) is 3.95. The average Bonchev–Trinajstić information content (AvgIpc) is 2.76. The molecule has 0 unspecified atom stereocenters. The number of fused-ring (bicyclic) bond motifs is 2. The lowest BCUT2D eigenvalue weighted by Crippen LogP contribution is -2.42. The number of amidine groups is 1. The van der Waals surface area contributed by atoms with Gasteiger partial charge in [0.05, 0.1) is 5.39 Å². The molecular weight excluding hydrogens is 448 g/mol. The molecule has 0 fully saturated rings. The van der Waals surface area contributed by atoms with Crippen LogP contribution >= 0.6 is 0 Å². The van der Waals surface area contributed by atoms with Crippen molar-refractivity contribution in [3.05, 3.63) is 58.5 Å². The van der Waals surface area contributed by atoms with E-state index in [2.05, 4.69) is 9.38 Å². The number of aryl methyl sites for hydroxylation is 1. The van der Waals surface area contributed by atoms with E-state index in [9.17, 15) is 23.1 Å². The fourth-order valence-electron chi connectivity index (χ4n) is 3.59. The molecule has 0 bridgehead atoms. The monoisotopic (exact) mass is 470 g/mol. The van der Waals surface area contributed by atoms with Crippen molar-refractivity contribution >= 4 is 38.5 Å². The Morgan fingerprint density at radius 2 is 1.91 bits per heavy atom. The molecule has 11 heteroatoms. The van der Waals surface area contributed by atoms with Crippen LogP contribution in [0.15, 0.2) is 56.7 Å². The Morgan fingerprint density at radius 1 is 1.18 bits per heavy atom. The highest BCUT2D eigenvalue weighted by Gasteiger charge is 2.37. The van der Waals surface area contributed by atoms with E-state index in [1.54, 1.807) is 18.2 Å². The molecule has 1 N–H and O–H groups in total. The highest BCUT2D eigenvalue weighted by Crippen LogP contribution is 2.35. The summed E-state index contributed by atoms with van der Waals surface area (Å²) < 4.78 is 31.0. The molecule has 3 heterocycles. The van der Waals surface area contributed by atoms with Gasteiger partial charge < -0.3 is 9.94 Å². The molecule has 0 saturated heterocycles. The molecule has 0 saturated carbocycles. The number of carbonyl (C=O) groups excluding carboxylic acids is 1. The SMILES string of the molecule is CC(=O)ON1C(c2c(O)c3cccnc3n(CCC(C)C)c2=O)=NS(=O)(=O)c2ccccc21. The van der Waals surface area contributed by atoms with Crippen LogP contribution in [0.2, 0.25) is 0 Å². The standard InChI is InChI=1S/C22H22N4O6S/c1-13(2)10-12-25-20-15(7-6-11-23-20)19(28)18(22(25)29)21-24-33(30,31)17-9-5-4-8-16(17)26(21)32-14(3)27/h4-9,11,13,28H,10,12H2,1-3H3. The van der Waals surface area contributed by atoms with Crippen molar-refractivity contribution < 1.29 is 23.2 Å². The lowest BCUT2D eigenvalue weighted by Gasteiger charge is -2.29. The van der Waals surface area contributed by atoms with Gasteiger partial charge in [0.15, 0.2) is 5.84 Å². The predicted octanol–water partition coefficient (Wildman–Crippen LogP) is 2.58. The number of aromatic hydroxyl groups is 1. The van der Waals surface area contributed by atoms with Gasteiger partial charge in [0.2, 0.25) is 0 Å². The second-order valence-corrected chi connectivity index (χ2v) is 9.54. The number of hydrogen-bond donors (Lipinski definition) is 1. The van der Waals surface area contributed by atoms with Crippen molar-refractivity contribution in [3.63, 3.8) is 0 Å². The first kappa shape index (κ1) is 22.5. The molecule has 0 radical (unpaired) electrons. The van der Waals surface area contributed by atoms with E-state index in [1.165, 1.54) is 29.0 Å². The molecule has 33 heavy (non-hydrogen) atoms. The van der Waals surface area contributed by atoms with Gasteiger partial charge in [-0.05, 0) is 36.6 Å². The number of anilines is 1. The minimum absolute atomic E-state index is 0.00323. The predicted molar refractivity (Wildman–Crippen MR) is 122 cm³/mol. The minimum Gasteiger partial charge on any atom is -0.506 e. The summed E-state index contributed by atoms with van der Waals surface area (Å²) in [5.74, 6) is -1.51. The molecule has 1 aliphatic rings. The zero-order valence-corrected chi connectivity index (χ0v) is 19.0. The van der Waals surface area contributed by atoms with Gasteiger partial charge in [-0.15, -0.1) is 4.40 Å². The van der Waals surface area contributed by atoms with Crippen molar-refractivity contribution in [1.29, 1.82) is 0 Å². The molecule has 1 aliphatic heterocycles. The van der Waals surface area contributed by atoms with E-state index in [0.29, 0.717) is 6.42 Å². The molecule has 4 rings (SSSR count).